The van der Waals surface area contributed by atoms with Crippen LogP contribution in [0.4, 0.5) is 19.3 Å². The number of aromatic nitrogens is 1. The van der Waals surface area contributed by atoms with E-state index in [1.54, 1.807) is 18.2 Å². The fourth-order valence-electron chi connectivity index (χ4n) is 5.01. The van der Waals surface area contributed by atoms with Crippen molar-refractivity contribution in [1.29, 1.82) is 5.26 Å². The highest BCUT2D eigenvalue weighted by molar-refractivity contribution is 7.99. The van der Waals surface area contributed by atoms with Crippen LogP contribution in [0.25, 0.3) is 0 Å². The highest BCUT2D eigenvalue weighted by atomic mass is 35.5. The topological polar surface area (TPSA) is 116 Å². The number of hydrogen-bond acceptors (Lipinski definition) is 7. The molecule has 1 unspecified atom stereocenters. The van der Waals surface area contributed by atoms with Gasteiger partial charge in [-0.15, -0.1) is 0 Å². The molecule has 1 atom stereocenters. The molecule has 2 aromatic carbocycles. The maximum atomic E-state index is 14.1. The van der Waals surface area contributed by atoms with Gasteiger partial charge < -0.3 is 19.4 Å². The van der Waals surface area contributed by atoms with Crippen molar-refractivity contribution in [2.45, 2.75) is 40.6 Å². The van der Waals surface area contributed by atoms with E-state index in [9.17, 15) is 28.4 Å². The summed E-state index contributed by atoms with van der Waals surface area (Å²) < 4.78 is 39.0. The largest absolute Gasteiger partial charge is 0.495 e. The van der Waals surface area contributed by atoms with Crippen molar-refractivity contribution in [3.63, 3.8) is 0 Å². The minimum atomic E-state index is -3.95. The Labute approximate surface area is 263 Å². The number of aromatic amines is 1. The number of methoxy groups -OCH3 is 1. The lowest BCUT2D eigenvalue weighted by atomic mass is 10.0. The highest BCUT2D eigenvalue weighted by Crippen LogP contribution is 2.45. The Bertz CT molecular complexity index is 1710. The van der Waals surface area contributed by atoms with Crippen molar-refractivity contribution < 1.29 is 27.8 Å². The number of carbonyl (C=O) groups excluding carboxylic acids is 2. The van der Waals surface area contributed by atoms with E-state index in [1.807, 2.05) is 4.98 Å². The molecule has 3 aromatic rings. The third-order valence-corrected chi connectivity index (χ3v) is 9.22. The van der Waals surface area contributed by atoms with Gasteiger partial charge in [0.05, 0.1) is 48.0 Å². The number of nitrogens with one attached hydrogen (secondary N) is 1. The number of pyridine rings is 1. The van der Waals surface area contributed by atoms with Crippen LogP contribution >= 0.6 is 46.6 Å². The van der Waals surface area contributed by atoms with Gasteiger partial charge in [0.2, 0.25) is 0 Å². The van der Waals surface area contributed by atoms with Crippen LogP contribution < -0.4 is 15.2 Å². The molecule has 1 fully saturated rings. The fraction of sp³-hybridized carbons (Fsp3) is 0.286. The molecule has 5 rings (SSSR count). The number of alkyl halides is 3. The Balaban J connectivity index is 1.61. The van der Waals surface area contributed by atoms with Crippen LogP contribution in [-0.4, -0.2) is 42.1 Å². The SMILES string of the molecule is COc1cc2c(cc1N1CCCOC1=O)CN(C(=O)c1c(Sc3c(Cl)cccc3Cl)cc(C(F)(F)Cl)[nH]c1=O)C2CC#N. The second-order valence-corrected chi connectivity index (χ2v) is 11.9. The number of amides is 2. The van der Waals surface area contributed by atoms with Crippen molar-refractivity contribution in [1.82, 2.24) is 9.88 Å². The van der Waals surface area contributed by atoms with Crippen molar-refractivity contribution in [2.24, 2.45) is 0 Å². The average Bonchev–Trinajstić information content (AvgIpc) is 3.31. The predicted molar refractivity (Wildman–Crippen MR) is 157 cm³/mol. The summed E-state index contributed by atoms with van der Waals surface area (Å²) in [4.78, 5) is 44.7. The number of rotatable bonds is 7. The van der Waals surface area contributed by atoms with Gasteiger partial charge in [0.25, 0.3) is 11.5 Å². The van der Waals surface area contributed by atoms with Crippen molar-refractivity contribution >= 4 is 64.3 Å². The van der Waals surface area contributed by atoms with Gasteiger partial charge in [-0.05, 0) is 59.5 Å². The lowest BCUT2D eigenvalue weighted by molar-refractivity contribution is 0.0684. The summed E-state index contributed by atoms with van der Waals surface area (Å²) in [5.41, 5.74) is -0.909. The number of hydrogen-bond donors (Lipinski definition) is 1. The third-order valence-electron chi connectivity index (χ3n) is 6.97. The lowest BCUT2D eigenvalue weighted by Crippen LogP contribution is -2.38. The molecule has 43 heavy (non-hydrogen) atoms. The first kappa shape index (κ1) is 30.9. The van der Waals surface area contributed by atoms with Gasteiger partial charge in [-0.25, -0.2) is 4.79 Å². The molecule has 3 heterocycles. The normalized spacial score (nSPS) is 16.5. The molecule has 2 amide bonds. The Hall–Kier alpha value is -3.50. The number of nitrogens with zero attached hydrogens (tertiary/aromatic N) is 3. The molecule has 0 aliphatic carbocycles. The first-order valence-corrected chi connectivity index (χ1v) is 14.7. The maximum absolute atomic E-state index is 14.1. The summed E-state index contributed by atoms with van der Waals surface area (Å²) in [7, 11) is 1.43. The molecule has 2 aliphatic heterocycles. The summed E-state index contributed by atoms with van der Waals surface area (Å²) in [5.74, 6) is -0.503. The number of halogens is 5. The number of anilines is 1. The number of benzene rings is 2. The molecule has 224 valence electrons. The number of carbonyl (C=O) groups is 2. The van der Waals surface area contributed by atoms with Crippen LogP contribution in [0.5, 0.6) is 5.75 Å². The standard InChI is InChI=1S/C28H21Cl3F2N4O5S/c1-41-20-11-15-14(10-19(20)36-8-3-9-42-27(36)40)13-37(18(15)6-7-34)26(39)23-21(12-22(28(31,32)33)35-25(23)38)43-24-16(29)4-2-5-17(24)30/h2,4-5,10-12,18H,3,6,8-9,13H2,1H3,(H,35,38). The van der Waals surface area contributed by atoms with Crippen LogP contribution in [0, 0.1) is 11.3 Å². The second-order valence-electron chi connectivity index (χ2n) is 9.56. The molecule has 15 heteroatoms. The molecule has 1 saturated heterocycles. The number of nitriles is 1. The Morgan fingerprint density at radius 1 is 1.26 bits per heavy atom. The average molecular weight is 670 g/mol. The fourth-order valence-corrected chi connectivity index (χ4v) is 6.75. The van der Waals surface area contributed by atoms with E-state index in [0.29, 0.717) is 35.5 Å². The molecular weight excluding hydrogens is 649 g/mol. The zero-order chi connectivity index (χ0) is 31.1. The van der Waals surface area contributed by atoms with E-state index in [4.69, 9.17) is 44.3 Å². The third kappa shape index (κ3) is 5.99. The summed E-state index contributed by atoms with van der Waals surface area (Å²) in [6, 6.07) is 10.1. The number of fused-ring (bicyclic) bond motifs is 1. The Morgan fingerprint density at radius 2 is 1.98 bits per heavy atom. The second kappa shape index (κ2) is 12.2. The molecule has 1 N–H and O–H groups in total. The van der Waals surface area contributed by atoms with Crippen LogP contribution in [-0.2, 0) is 16.7 Å². The summed E-state index contributed by atoms with van der Waals surface area (Å²) in [5, 5.41) is 6.03. The number of cyclic esters (lactones) is 1. The van der Waals surface area contributed by atoms with Gasteiger partial charge in [0.15, 0.2) is 0 Å². The first-order valence-electron chi connectivity index (χ1n) is 12.7. The molecule has 0 saturated carbocycles. The van der Waals surface area contributed by atoms with Gasteiger partial charge in [-0.3, -0.25) is 14.5 Å². The van der Waals surface area contributed by atoms with Crippen LogP contribution in [0.15, 0.2) is 51.0 Å². The van der Waals surface area contributed by atoms with Gasteiger partial charge >= 0.3 is 11.5 Å². The number of H-pyrrole nitrogens is 1. The summed E-state index contributed by atoms with van der Waals surface area (Å²) in [6.45, 7) is 0.623. The smallest absolute Gasteiger partial charge is 0.414 e. The summed E-state index contributed by atoms with van der Waals surface area (Å²) in [6.07, 6.45) is -0.0998. The van der Waals surface area contributed by atoms with E-state index >= 15 is 0 Å². The first-order chi connectivity index (χ1) is 20.4. The molecule has 0 radical (unpaired) electrons. The minimum absolute atomic E-state index is 0.0514. The van der Waals surface area contributed by atoms with Crippen LogP contribution in [0.1, 0.15) is 46.1 Å². The Kier molecular flexibility index (Phi) is 8.81. The predicted octanol–water partition coefficient (Wildman–Crippen LogP) is 7.09. The zero-order valence-electron chi connectivity index (χ0n) is 22.3. The van der Waals surface area contributed by atoms with Crippen LogP contribution in [0.3, 0.4) is 0 Å². The van der Waals surface area contributed by atoms with Crippen LogP contribution in [0.2, 0.25) is 10.0 Å². The van der Waals surface area contributed by atoms with Crippen molar-refractivity contribution in [2.75, 3.05) is 25.2 Å². The number of ether oxygens (including phenoxy) is 2. The van der Waals surface area contributed by atoms with Gasteiger partial charge in [-0.1, -0.05) is 41.0 Å². The van der Waals surface area contributed by atoms with Crippen molar-refractivity contribution in [3.8, 4) is 11.8 Å². The van der Waals surface area contributed by atoms with Crippen molar-refractivity contribution in [3.05, 3.63) is 79.2 Å². The molecular formula is C28H21Cl3F2N4O5S. The maximum Gasteiger partial charge on any atom is 0.414 e. The molecule has 1 aromatic heterocycles. The zero-order valence-corrected chi connectivity index (χ0v) is 25.3. The van der Waals surface area contributed by atoms with E-state index in [-0.39, 0.29) is 39.4 Å². The van der Waals surface area contributed by atoms with Gasteiger partial charge in [-0.2, -0.15) is 14.0 Å². The van der Waals surface area contributed by atoms with E-state index in [0.717, 1.165) is 17.8 Å². The van der Waals surface area contributed by atoms with E-state index < -0.39 is 40.2 Å². The van der Waals surface area contributed by atoms with E-state index in [1.165, 1.54) is 29.0 Å². The molecule has 2 aliphatic rings. The molecule has 0 spiro atoms. The minimum Gasteiger partial charge on any atom is -0.495 e. The Morgan fingerprint density at radius 3 is 2.60 bits per heavy atom. The summed E-state index contributed by atoms with van der Waals surface area (Å²) >= 11 is 18.6. The molecule has 0 bridgehead atoms. The highest BCUT2D eigenvalue weighted by Gasteiger charge is 2.39. The monoisotopic (exact) mass is 668 g/mol. The van der Waals surface area contributed by atoms with Gasteiger partial charge in [0, 0.05) is 22.9 Å². The molecule has 9 nitrogen and oxygen atoms in total. The lowest BCUT2D eigenvalue weighted by Gasteiger charge is -2.28. The quantitative estimate of drug-likeness (QED) is 0.267. The van der Waals surface area contributed by atoms with E-state index in [2.05, 4.69) is 6.07 Å². The van der Waals surface area contributed by atoms with Gasteiger partial charge in [0.1, 0.15) is 17.0 Å².